The molecule has 0 aliphatic rings. The van der Waals surface area contributed by atoms with Gasteiger partial charge >= 0.3 is 5.97 Å². The Labute approximate surface area is 142 Å². The molecule has 0 bridgehead atoms. The molecule has 1 heterocycles. The first-order valence-electron chi connectivity index (χ1n) is 7.01. The third-order valence-electron chi connectivity index (χ3n) is 3.35. The number of hydrogen-bond acceptors (Lipinski definition) is 4. The van der Waals surface area contributed by atoms with E-state index in [9.17, 15) is 4.79 Å². The number of benzene rings is 2. The summed E-state index contributed by atoms with van der Waals surface area (Å²) in [4.78, 5) is 11.5. The van der Waals surface area contributed by atoms with E-state index in [0.717, 1.165) is 16.6 Å². The van der Waals surface area contributed by atoms with Gasteiger partial charge in [-0.25, -0.2) is 0 Å². The van der Waals surface area contributed by atoms with Crippen molar-refractivity contribution < 1.29 is 14.1 Å². The van der Waals surface area contributed by atoms with Crippen LogP contribution in [-0.2, 0) is 11.2 Å². The molecule has 0 saturated carbocycles. The monoisotopic (exact) mass is 349 g/mol. The highest BCUT2D eigenvalue weighted by molar-refractivity contribution is 6.30. The van der Waals surface area contributed by atoms with Crippen LogP contribution in [0.15, 0.2) is 47.0 Å². The zero-order valence-electron chi connectivity index (χ0n) is 12.3. The third kappa shape index (κ3) is 3.66. The van der Waals surface area contributed by atoms with Crippen LogP contribution in [0, 0.1) is 0 Å². The molecular formula is C17H13Cl2NO3. The fraction of sp³-hybridized carbons (Fsp3) is 0.176. The predicted molar refractivity (Wildman–Crippen MR) is 89.2 cm³/mol. The molecular weight excluding hydrogens is 337 g/mol. The fourth-order valence-corrected chi connectivity index (χ4v) is 2.32. The lowest BCUT2D eigenvalue weighted by Gasteiger charge is -2.04. The van der Waals surface area contributed by atoms with E-state index in [1.807, 2.05) is 30.3 Å². The van der Waals surface area contributed by atoms with Gasteiger partial charge in [-0.15, -0.1) is 11.6 Å². The van der Waals surface area contributed by atoms with E-state index in [1.165, 1.54) is 0 Å². The molecule has 0 radical (unpaired) electrons. The first-order chi connectivity index (χ1) is 11.0. The molecule has 0 N–H and O–H groups in total. The molecule has 0 amide bonds. The van der Waals surface area contributed by atoms with Crippen LogP contribution in [0.1, 0.15) is 18.2 Å². The maximum Gasteiger partial charge on any atom is 0.329 e. The maximum absolute atomic E-state index is 11.5. The van der Waals surface area contributed by atoms with E-state index in [0.29, 0.717) is 22.8 Å². The Bertz CT molecular complexity index is 841. The first kappa shape index (κ1) is 15.8. The minimum atomic E-state index is -0.708. The third-order valence-corrected chi connectivity index (χ3v) is 3.78. The average Bonchev–Trinajstić information content (AvgIpc) is 2.92. The van der Waals surface area contributed by atoms with Gasteiger partial charge in [0.15, 0.2) is 5.58 Å². The van der Waals surface area contributed by atoms with E-state index < -0.39 is 11.3 Å². The van der Waals surface area contributed by atoms with Gasteiger partial charge in [0, 0.05) is 22.9 Å². The molecule has 1 atom stereocenters. The van der Waals surface area contributed by atoms with Crippen molar-refractivity contribution in [1.82, 2.24) is 5.16 Å². The smallest absolute Gasteiger partial charge is 0.329 e. The molecule has 2 aromatic carbocycles. The van der Waals surface area contributed by atoms with Gasteiger partial charge in [-0.2, -0.15) is 0 Å². The van der Waals surface area contributed by atoms with Crippen molar-refractivity contribution >= 4 is 40.1 Å². The van der Waals surface area contributed by atoms with Crippen LogP contribution in [-0.4, -0.2) is 16.5 Å². The van der Waals surface area contributed by atoms with E-state index >= 15 is 0 Å². The lowest BCUT2D eigenvalue weighted by Crippen LogP contribution is -2.17. The summed E-state index contributed by atoms with van der Waals surface area (Å²) in [5.41, 5.74) is 2.45. The van der Waals surface area contributed by atoms with Gasteiger partial charge in [-0.3, -0.25) is 4.79 Å². The molecule has 0 fully saturated rings. The molecule has 118 valence electrons. The number of rotatable bonds is 4. The Kier molecular flexibility index (Phi) is 4.55. The summed E-state index contributed by atoms with van der Waals surface area (Å²) in [6.45, 7) is 1.56. The molecule has 4 nitrogen and oxygen atoms in total. The van der Waals surface area contributed by atoms with Crippen molar-refractivity contribution in [2.75, 3.05) is 0 Å². The summed E-state index contributed by atoms with van der Waals surface area (Å²) in [5, 5.41) is 4.95. The van der Waals surface area contributed by atoms with Crippen molar-refractivity contribution in [3.63, 3.8) is 0 Å². The lowest BCUT2D eigenvalue weighted by molar-refractivity contribution is -0.133. The molecule has 0 saturated heterocycles. The molecule has 23 heavy (non-hydrogen) atoms. The highest BCUT2D eigenvalue weighted by Crippen LogP contribution is 2.26. The Morgan fingerprint density at radius 2 is 2.00 bits per heavy atom. The van der Waals surface area contributed by atoms with Gasteiger partial charge in [-0.05, 0) is 36.8 Å². The maximum atomic E-state index is 11.5. The molecule has 0 aliphatic heterocycles. The summed E-state index contributed by atoms with van der Waals surface area (Å²) in [7, 11) is 0. The van der Waals surface area contributed by atoms with Crippen LogP contribution in [0.3, 0.4) is 0 Å². The largest absolute Gasteiger partial charge is 0.425 e. The van der Waals surface area contributed by atoms with E-state index in [-0.39, 0.29) is 0 Å². The number of aromatic nitrogens is 1. The standard InChI is InChI=1S/C17H13Cl2NO3/c1-10(18)17(21)22-13-6-7-14-15(20-23-16(14)9-13)8-11-2-4-12(19)5-3-11/h2-7,9-10H,8H2,1H3. The summed E-state index contributed by atoms with van der Waals surface area (Å²) >= 11 is 11.6. The summed E-state index contributed by atoms with van der Waals surface area (Å²) in [5.74, 6) is -0.129. The second-order valence-electron chi connectivity index (χ2n) is 5.13. The Morgan fingerprint density at radius 1 is 1.26 bits per heavy atom. The minimum absolute atomic E-state index is 0.379. The van der Waals surface area contributed by atoms with Crippen molar-refractivity contribution in [1.29, 1.82) is 0 Å². The number of fused-ring (bicyclic) bond motifs is 1. The SMILES string of the molecule is CC(Cl)C(=O)Oc1ccc2c(Cc3ccc(Cl)cc3)noc2c1. The Hall–Kier alpha value is -2.04. The second kappa shape index (κ2) is 6.60. The predicted octanol–water partition coefficient (Wildman–Crippen LogP) is 4.60. The van der Waals surface area contributed by atoms with Gasteiger partial charge in [-0.1, -0.05) is 28.9 Å². The summed E-state index contributed by atoms with van der Waals surface area (Å²) < 4.78 is 10.5. The number of ether oxygens (including phenoxy) is 1. The van der Waals surface area contributed by atoms with Gasteiger partial charge in [0.1, 0.15) is 11.1 Å². The normalized spacial score (nSPS) is 12.3. The van der Waals surface area contributed by atoms with Gasteiger partial charge in [0.05, 0.1) is 5.69 Å². The molecule has 6 heteroatoms. The van der Waals surface area contributed by atoms with E-state index in [2.05, 4.69) is 5.16 Å². The molecule has 0 spiro atoms. The second-order valence-corrected chi connectivity index (χ2v) is 6.22. The minimum Gasteiger partial charge on any atom is -0.425 e. The lowest BCUT2D eigenvalue weighted by atomic mass is 10.1. The molecule has 0 aliphatic carbocycles. The van der Waals surface area contributed by atoms with Crippen LogP contribution in [0.25, 0.3) is 11.0 Å². The fourth-order valence-electron chi connectivity index (χ4n) is 2.15. The van der Waals surface area contributed by atoms with Crippen LogP contribution in [0.4, 0.5) is 0 Å². The van der Waals surface area contributed by atoms with Crippen molar-refractivity contribution in [2.45, 2.75) is 18.7 Å². The topological polar surface area (TPSA) is 52.3 Å². The zero-order chi connectivity index (χ0) is 16.4. The van der Waals surface area contributed by atoms with Crippen molar-refractivity contribution in [3.05, 3.63) is 58.7 Å². The molecule has 1 aromatic heterocycles. The Morgan fingerprint density at radius 3 is 2.70 bits per heavy atom. The molecule has 1 unspecified atom stereocenters. The van der Waals surface area contributed by atoms with Crippen LogP contribution in [0.2, 0.25) is 5.02 Å². The number of esters is 1. The average molecular weight is 350 g/mol. The van der Waals surface area contributed by atoms with Gasteiger partial charge in [0.25, 0.3) is 0 Å². The molecule has 3 rings (SSSR count). The quantitative estimate of drug-likeness (QED) is 0.392. The van der Waals surface area contributed by atoms with Gasteiger partial charge < -0.3 is 9.26 Å². The van der Waals surface area contributed by atoms with Gasteiger partial charge in [0.2, 0.25) is 0 Å². The summed E-state index contributed by atoms with van der Waals surface area (Å²) in [6.07, 6.45) is 0.627. The Balaban J connectivity index is 1.83. The number of hydrogen-bond donors (Lipinski definition) is 0. The number of alkyl halides is 1. The van der Waals surface area contributed by atoms with Crippen LogP contribution in [0.5, 0.6) is 5.75 Å². The number of nitrogens with zero attached hydrogens (tertiary/aromatic N) is 1. The van der Waals surface area contributed by atoms with E-state index in [4.69, 9.17) is 32.5 Å². The molecule has 3 aromatic rings. The highest BCUT2D eigenvalue weighted by Gasteiger charge is 2.14. The van der Waals surface area contributed by atoms with Crippen molar-refractivity contribution in [2.24, 2.45) is 0 Å². The summed E-state index contributed by atoms with van der Waals surface area (Å²) in [6, 6.07) is 12.7. The van der Waals surface area contributed by atoms with E-state index in [1.54, 1.807) is 19.1 Å². The zero-order valence-corrected chi connectivity index (χ0v) is 13.8. The highest BCUT2D eigenvalue weighted by atomic mass is 35.5. The van der Waals surface area contributed by atoms with Crippen LogP contribution >= 0.6 is 23.2 Å². The first-order valence-corrected chi connectivity index (χ1v) is 7.83. The number of carbonyl (C=O) groups excluding carboxylic acids is 1. The number of halogens is 2. The number of carbonyl (C=O) groups is 1. The van der Waals surface area contributed by atoms with Crippen molar-refractivity contribution in [3.8, 4) is 5.75 Å². The van der Waals surface area contributed by atoms with Crippen LogP contribution < -0.4 is 4.74 Å².